The monoisotopic (exact) mass is 514 g/mol. The van der Waals surface area contributed by atoms with Crippen LogP contribution in [0.1, 0.15) is 22.8 Å². The molecule has 0 atom stereocenters. The minimum Gasteiger partial charge on any atom is -1.00 e. The van der Waals surface area contributed by atoms with Gasteiger partial charge in [-0.25, -0.2) is 9.13 Å². The van der Waals surface area contributed by atoms with Crippen molar-refractivity contribution in [3.8, 4) is 0 Å². The molecule has 0 saturated carbocycles. The molecule has 17 heavy (non-hydrogen) atoms. The van der Waals surface area contributed by atoms with Crippen LogP contribution in [0.25, 0.3) is 0 Å². The Morgan fingerprint density at radius 1 is 0.588 bits per heavy atom. The molecule has 0 aromatic carbocycles. The van der Waals surface area contributed by atoms with Crippen molar-refractivity contribution in [2.24, 2.45) is 0 Å². The molecule has 0 aromatic rings. The second-order valence-corrected chi connectivity index (χ2v) is 3.68. The van der Waals surface area contributed by atoms with Crippen molar-refractivity contribution in [2.45, 2.75) is 0 Å². The van der Waals surface area contributed by atoms with Gasteiger partial charge in [0.15, 0.2) is 0 Å². The molecule has 0 amide bonds. The van der Waals surface area contributed by atoms with Gasteiger partial charge in [-0.3, -0.25) is 0 Å². The molecular weight excluding hydrogens is 495 g/mol. The molecule has 0 aliphatic rings. The molecule has 4 N–H and O–H groups in total. The maximum Gasteiger partial charge on any atom is 2.00 e. The van der Waals surface area contributed by atoms with Crippen molar-refractivity contribution < 1.29 is 55.8 Å². The second-order valence-electron chi connectivity index (χ2n) is 1.06. The first-order valence-electron chi connectivity index (χ1n) is 1.53. The maximum absolute atomic E-state index is 9.63. The van der Waals surface area contributed by atoms with E-state index >= 15 is 0 Å². The molecule has 7 nitrogen and oxygen atoms in total. The SMILES string of the molecule is O=P(O)(O)OP(=O)(O)O.[Ca+2].[Ca+2].[Ca+2].[Ca+2].[Ca+2].[Ca+2].[Ca+2].[Ca+2].[H-].[H-].[H-].[H-].[H-].[H-].[H-].[H-].[H-].[H-].[H-].[H-].[H-].[H-].[H-].[H-]. The van der Waals surface area contributed by atoms with Crippen LogP contribution in [-0.2, 0) is 13.4 Å². The van der Waals surface area contributed by atoms with Gasteiger partial charge in [-0.1, -0.05) is 0 Å². The Labute approximate surface area is 362 Å². The molecule has 0 heterocycles. The Kier molecular flexibility index (Phi) is 103. The fourth-order valence-corrected chi connectivity index (χ4v) is 1.25. The summed E-state index contributed by atoms with van der Waals surface area (Å²) in [4.78, 5) is 31.0. The Hall–Kier alpha value is 10.3. The summed E-state index contributed by atoms with van der Waals surface area (Å²) >= 11 is 0. The first kappa shape index (κ1) is 56.4. The van der Waals surface area contributed by atoms with E-state index in [0.29, 0.717) is 0 Å². The molecule has 0 fully saturated rings. The van der Waals surface area contributed by atoms with E-state index in [1.54, 1.807) is 0 Å². The zero-order valence-corrected chi connectivity index (χ0v) is 29.0. The molecule has 0 saturated heterocycles. The number of rotatable bonds is 2. The third-order valence-electron chi connectivity index (χ3n) is 0.213. The average Bonchev–Trinajstić information content (AvgIpc) is 1.14. The van der Waals surface area contributed by atoms with E-state index < -0.39 is 15.6 Å². The van der Waals surface area contributed by atoms with Gasteiger partial charge in [-0.15, -0.1) is 0 Å². The van der Waals surface area contributed by atoms with Crippen LogP contribution in [0.4, 0.5) is 0 Å². The third kappa shape index (κ3) is 58.4. The van der Waals surface area contributed by atoms with Gasteiger partial charge in [-0.05, 0) is 0 Å². The molecule has 0 aliphatic heterocycles. The zero-order valence-electron chi connectivity index (χ0n) is 25.6. The second kappa shape index (κ2) is 31.0. The van der Waals surface area contributed by atoms with E-state index in [0.717, 1.165) is 0 Å². The third-order valence-corrected chi connectivity index (χ3v) is 1.91. The molecule has 0 rings (SSSR count). The molecule has 0 radical (unpaired) electrons. The summed E-state index contributed by atoms with van der Waals surface area (Å²) in [5.41, 5.74) is 0. The van der Waals surface area contributed by atoms with Crippen molar-refractivity contribution in [2.75, 3.05) is 0 Å². The summed E-state index contributed by atoms with van der Waals surface area (Å²) < 4.78 is 22.2. The van der Waals surface area contributed by atoms with E-state index in [2.05, 4.69) is 4.31 Å². The largest absolute Gasteiger partial charge is 2.00 e. The van der Waals surface area contributed by atoms with Gasteiger partial charge in [0, 0.05) is 0 Å². The molecular formula is H20Ca8O7P2. The van der Waals surface area contributed by atoms with E-state index in [-0.39, 0.29) is 325 Å². The molecule has 17 heteroatoms. The number of hydrogen-bond donors (Lipinski definition) is 4. The van der Waals surface area contributed by atoms with E-state index in [1.807, 2.05) is 0 Å². The van der Waals surface area contributed by atoms with Gasteiger partial charge in [0.2, 0.25) is 0 Å². The number of hydrogen-bond acceptors (Lipinski definition) is 3. The molecule has 0 bridgehead atoms. The van der Waals surface area contributed by atoms with Gasteiger partial charge >= 0.3 is 318 Å². The molecule has 0 aromatic heterocycles. The van der Waals surface area contributed by atoms with Crippen LogP contribution >= 0.6 is 15.6 Å². The Balaban J connectivity index is -0.00000000116. The van der Waals surface area contributed by atoms with Gasteiger partial charge in [-0.2, -0.15) is 4.31 Å². The summed E-state index contributed by atoms with van der Waals surface area (Å²) in [6.07, 6.45) is 0. The van der Waals surface area contributed by atoms with Crippen LogP contribution in [0, 0.1) is 0 Å². The molecule has 0 unspecified atom stereocenters. The van der Waals surface area contributed by atoms with Gasteiger partial charge in [0.05, 0.1) is 0 Å². The smallest absolute Gasteiger partial charge is 1.00 e. The van der Waals surface area contributed by atoms with Crippen LogP contribution in [0.3, 0.4) is 0 Å². The van der Waals surface area contributed by atoms with Crippen molar-refractivity contribution in [1.29, 1.82) is 0 Å². The van der Waals surface area contributed by atoms with Crippen LogP contribution < -0.4 is 0 Å². The normalized spacial score (nSPS) is 7.29. The van der Waals surface area contributed by atoms with Crippen molar-refractivity contribution in [3.05, 3.63) is 0 Å². The van der Waals surface area contributed by atoms with E-state index in [1.165, 1.54) is 0 Å². The Morgan fingerprint density at radius 2 is 0.706 bits per heavy atom. The standard InChI is InChI=1S/8Ca.H4O7P2.16H/c;;;;;;;;1-8(2,3)7-9(4,5)6;;;;;;;;;;;;;;;;/h;;;;;;;;(H2,1,2,3)(H2,4,5,6);;;;;;;;;;;;;;;;/q8*+2;;16*-1. The van der Waals surface area contributed by atoms with E-state index in [4.69, 9.17) is 19.6 Å². The van der Waals surface area contributed by atoms with E-state index in [9.17, 15) is 9.13 Å². The van der Waals surface area contributed by atoms with Crippen LogP contribution in [0.2, 0.25) is 0 Å². The van der Waals surface area contributed by atoms with Gasteiger partial charge < -0.3 is 42.4 Å². The zero-order chi connectivity index (χ0) is 7.71. The topological polar surface area (TPSA) is 124 Å². The summed E-state index contributed by atoms with van der Waals surface area (Å²) in [6, 6.07) is 0. The van der Waals surface area contributed by atoms with Crippen molar-refractivity contribution in [3.63, 3.8) is 0 Å². The first-order chi connectivity index (χ1) is 3.71. The fourth-order valence-electron chi connectivity index (χ4n) is 0.139. The average molecular weight is 515 g/mol. The first-order valence-corrected chi connectivity index (χ1v) is 4.59. The Bertz CT molecular complexity index is 197. The van der Waals surface area contributed by atoms with Gasteiger partial charge in [0.1, 0.15) is 0 Å². The van der Waals surface area contributed by atoms with Crippen molar-refractivity contribution in [1.82, 2.24) is 0 Å². The predicted molar refractivity (Wildman–Crippen MR) is 89.0 cm³/mol. The van der Waals surface area contributed by atoms with Crippen LogP contribution in [0.15, 0.2) is 0 Å². The molecule has 88 valence electrons. The maximum atomic E-state index is 9.63. The summed E-state index contributed by atoms with van der Waals surface area (Å²) in [5, 5.41) is 0. The van der Waals surface area contributed by atoms with Crippen LogP contribution in [0.5, 0.6) is 0 Å². The molecule has 0 spiro atoms. The summed E-state index contributed by atoms with van der Waals surface area (Å²) in [6.45, 7) is 0. The Morgan fingerprint density at radius 3 is 0.706 bits per heavy atom. The summed E-state index contributed by atoms with van der Waals surface area (Å²) in [7, 11) is -10.1. The minimum atomic E-state index is -5.05. The number of phosphoric acid groups is 2. The van der Waals surface area contributed by atoms with Crippen molar-refractivity contribution >= 4 is 318 Å². The fraction of sp³-hybridized carbons (Fsp3) is 0. The molecule has 0 aliphatic carbocycles. The quantitative estimate of drug-likeness (QED) is 0.247. The van der Waals surface area contributed by atoms with Crippen LogP contribution in [-0.4, -0.2) is 321 Å². The summed E-state index contributed by atoms with van der Waals surface area (Å²) in [5.74, 6) is 0. The van der Waals surface area contributed by atoms with Gasteiger partial charge in [0.25, 0.3) is 0 Å². The predicted octanol–water partition coefficient (Wildman–Crippen LogP) is -2.06. The minimum absolute atomic E-state index is 0.